The maximum absolute atomic E-state index is 12.1. The second kappa shape index (κ2) is 6.68. The molecule has 0 saturated heterocycles. The van der Waals surface area contributed by atoms with Gasteiger partial charge in [0, 0.05) is 19.6 Å². The maximum Gasteiger partial charge on any atom is 0.339 e. The van der Waals surface area contributed by atoms with Crippen molar-refractivity contribution in [2.24, 2.45) is 0 Å². The molecule has 9 heteroatoms. The van der Waals surface area contributed by atoms with E-state index in [0.717, 1.165) is 4.90 Å². The lowest BCUT2D eigenvalue weighted by molar-refractivity contribution is 0.0636. The average molecular weight is 328 g/mol. The van der Waals surface area contributed by atoms with Crippen molar-refractivity contribution in [3.63, 3.8) is 0 Å². The first-order valence-corrected chi connectivity index (χ1v) is 8.46. The molecular weight excluding hydrogens is 311 g/mol. The average Bonchev–Trinajstić information content (AvgIpc) is 2.68. The van der Waals surface area contributed by atoms with E-state index in [4.69, 9.17) is 14.9 Å². The summed E-state index contributed by atoms with van der Waals surface area (Å²) in [5, 5.41) is 8.93. The molecule has 22 heavy (non-hydrogen) atoms. The van der Waals surface area contributed by atoms with E-state index >= 15 is 0 Å². The Balaban J connectivity index is 2.04. The maximum atomic E-state index is 12.1. The quantitative estimate of drug-likeness (QED) is 0.465. The molecule has 0 unspecified atom stereocenters. The van der Waals surface area contributed by atoms with Crippen LogP contribution in [0.4, 0.5) is 0 Å². The number of carbonyl (C=O) groups is 2. The highest BCUT2D eigenvalue weighted by Gasteiger charge is 2.35. The second-order valence-corrected chi connectivity index (χ2v) is 6.57. The van der Waals surface area contributed by atoms with Crippen molar-refractivity contribution in [2.75, 3.05) is 32.5 Å². The van der Waals surface area contributed by atoms with Crippen LogP contribution in [0.5, 0.6) is 0 Å². The molecule has 2 amide bonds. The zero-order valence-electron chi connectivity index (χ0n) is 11.8. The van der Waals surface area contributed by atoms with Crippen LogP contribution in [0.2, 0.25) is 0 Å². The molecule has 1 aromatic rings. The lowest BCUT2D eigenvalue weighted by Gasteiger charge is -2.24. The molecular formula is C13H17N2O6P. The summed E-state index contributed by atoms with van der Waals surface area (Å²) in [6.45, 7) is -0.139. The Kier molecular flexibility index (Phi) is 5.10. The number of fused-ring (bicyclic) bond motifs is 1. The third kappa shape index (κ3) is 3.79. The number of amides is 2. The monoisotopic (exact) mass is 328 g/mol. The van der Waals surface area contributed by atoms with Gasteiger partial charge in [-0.3, -0.25) is 24.0 Å². The van der Waals surface area contributed by atoms with Gasteiger partial charge in [-0.2, -0.15) is 0 Å². The fourth-order valence-electron chi connectivity index (χ4n) is 2.34. The highest BCUT2D eigenvalue weighted by Crippen LogP contribution is 2.35. The van der Waals surface area contributed by atoms with Gasteiger partial charge in [0.2, 0.25) is 0 Å². The van der Waals surface area contributed by atoms with E-state index in [1.165, 1.54) is 4.90 Å². The summed E-state index contributed by atoms with van der Waals surface area (Å²) in [5.41, 5.74) is 0.660. The van der Waals surface area contributed by atoms with Crippen LogP contribution >= 0.6 is 7.60 Å². The minimum absolute atomic E-state index is 0.00630. The summed E-state index contributed by atoms with van der Waals surface area (Å²) in [4.78, 5) is 44.7. The van der Waals surface area contributed by atoms with E-state index in [9.17, 15) is 14.2 Å². The molecule has 120 valence electrons. The number of benzene rings is 1. The van der Waals surface area contributed by atoms with E-state index in [1.807, 2.05) is 0 Å². The van der Waals surface area contributed by atoms with Crippen molar-refractivity contribution in [3.8, 4) is 0 Å². The molecule has 1 aliphatic heterocycles. The van der Waals surface area contributed by atoms with E-state index in [2.05, 4.69) is 0 Å². The van der Waals surface area contributed by atoms with Crippen LogP contribution in [-0.2, 0) is 4.57 Å². The molecule has 0 bridgehead atoms. The van der Waals surface area contributed by atoms with Gasteiger partial charge in [0.15, 0.2) is 0 Å². The predicted molar refractivity (Wildman–Crippen MR) is 77.4 cm³/mol. The topological polar surface area (TPSA) is 118 Å². The minimum Gasteiger partial charge on any atom is -0.395 e. The third-order valence-electron chi connectivity index (χ3n) is 3.32. The summed E-state index contributed by atoms with van der Waals surface area (Å²) in [5.74, 6) is -0.832. The number of carbonyl (C=O) groups excluding carboxylic acids is 2. The number of hydrogen-bond donors (Lipinski definition) is 3. The molecule has 0 radical (unpaired) electrons. The molecule has 0 saturated carbocycles. The van der Waals surface area contributed by atoms with Gasteiger partial charge in [-0.25, -0.2) is 0 Å². The summed E-state index contributed by atoms with van der Waals surface area (Å²) in [7, 11) is -4.28. The molecule has 1 heterocycles. The number of rotatable bonds is 7. The lowest BCUT2D eigenvalue weighted by atomic mass is 10.1. The molecule has 3 N–H and O–H groups in total. The molecule has 0 atom stereocenters. The largest absolute Gasteiger partial charge is 0.395 e. The number of nitrogens with zero attached hydrogens (tertiary/aromatic N) is 2. The Morgan fingerprint density at radius 3 is 2.05 bits per heavy atom. The van der Waals surface area contributed by atoms with Crippen LogP contribution in [0.25, 0.3) is 0 Å². The van der Waals surface area contributed by atoms with Crippen molar-refractivity contribution >= 4 is 19.4 Å². The Hall–Kier alpha value is -1.57. The summed E-state index contributed by atoms with van der Waals surface area (Å²) in [6.07, 6.45) is -0.531. The predicted octanol–water partition coefficient (Wildman–Crippen LogP) is -0.288. The first-order valence-electron chi connectivity index (χ1n) is 6.66. The van der Waals surface area contributed by atoms with Gasteiger partial charge in [0.25, 0.3) is 11.8 Å². The molecule has 0 aliphatic carbocycles. The summed E-state index contributed by atoms with van der Waals surface area (Å²) in [6, 6.07) is 6.46. The molecule has 0 fully saturated rings. The van der Waals surface area contributed by atoms with Crippen LogP contribution < -0.4 is 0 Å². The van der Waals surface area contributed by atoms with E-state index < -0.39 is 25.7 Å². The van der Waals surface area contributed by atoms with Crippen LogP contribution in [0.15, 0.2) is 24.3 Å². The van der Waals surface area contributed by atoms with Crippen molar-refractivity contribution in [3.05, 3.63) is 35.4 Å². The van der Waals surface area contributed by atoms with Crippen LogP contribution in [-0.4, -0.2) is 69.0 Å². The van der Waals surface area contributed by atoms with E-state index in [0.29, 0.717) is 11.1 Å². The van der Waals surface area contributed by atoms with Gasteiger partial charge in [0.05, 0.1) is 17.7 Å². The van der Waals surface area contributed by atoms with Crippen molar-refractivity contribution in [2.45, 2.75) is 0 Å². The van der Waals surface area contributed by atoms with Crippen molar-refractivity contribution in [1.82, 2.24) is 9.80 Å². The minimum atomic E-state index is -4.28. The van der Waals surface area contributed by atoms with Gasteiger partial charge < -0.3 is 14.9 Å². The van der Waals surface area contributed by atoms with Gasteiger partial charge in [0.1, 0.15) is 6.29 Å². The van der Waals surface area contributed by atoms with Gasteiger partial charge in [-0.1, -0.05) is 12.1 Å². The fraction of sp³-hybridized carbons (Fsp3) is 0.385. The molecule has 0 aromatic heterocycles. The van der Waals surface area contributed by atoms with Gasteiger partial charge in [-0.05, 0) is 12.1 Å². The summed E-state index contributed by atoms with van der Waals surface area (Å²) >= 11 is 0. The summed E-state index contributed by atoms with van der Waals surface area (Å²) < 4.78 is 11.0. The Labute approximate surface area is 127 Å². The number of hydrogen-bond acceptors (Lipinski definition) is 5. The third-order valence-corrected chi connectivity index (χ3v) is 4.09. The van der Waals surface area contributed by atoms with Gasteiger partial charge >= 0.3 is 7.60 Å². The number of aliphatic hydroxyl groups excluding tert-OH is 1. The van der Waals surface area contributed by atoms with Crippen LogP contribution in [0.1, 0.15) is 20.7 Å². The molecule has 0 spiro atoms. The smallest absolute Gasteiger partial charge is 0.339 e. The van der Waals surface area contributed by atoms with E-state index in [-0.39, 0.29) is 26.2 Å². The van der Waals surface area contributed by atoms with Crippen LogP contribution in [0.3, 0.4) is 0 Å². The Bertz CT molecular complexity index is 594. The first kappa shape index (κ1) is 16.8. The van der Waals surface area contributed by atoms with Crippen molar-refractivity contribution < 1.29 is 29.0 Å². The van der Waals surface area contributed by atoms with Crippen molar-refractivity contribution in [1.29, 1.82) is 0 Å². The Morgan fingerprint density at radius 2 is 1.59 bits per heavy atom. The highest BCUT2D eigenvalue weighted by atomic mass is 31.2. The Morgan fingerprint density at radius 1 is 1.05 bits per heavy atom. The van der Waals surface area contributed by atoms with Crippen LogP contribution in [0, 0.1) is 0 Å². The standard InChI is InChI=1S/C13H17N2O6P/c16-8-7-14(9-22(19,20)21)5-6-15-12(17)10-3-1-2-4-11(10)13(15)18/h1-4,16H,5-9H2,(H2,19,20,21). The zero-order valence-corrected chi connectivity index (χ0v) is 12.6. The number of imide groups is 1. The highest BCUT2D eigenvalue weighted by molar-refractivity contribution is 7.51. The molecule has 2 rings (SSSR count). The fourth-order valence-corrected chi connectivity index (χ4v) is 3.14. The van der Waals surface area contributed by atoms with Gasteiger partial charge in [-0.15, -0.1) is 0 Å². The lowest BCUT2D eigenvalue weighted by Crippen LogP contribution is -2.39. The first-order chi connectivity index (χ1) is 10.3. The van der Waals surface area contributed by atoms with E-state index in [1.54, 1.807) is 24.3 Å². The molecule has 1 aromatic carbocycles. The second-order valence-electron chi connectivity index (χ2n) is 4.96. The normalized spacial score (nSPS) is 14.8. The number of aliphatic hydroxyl groups is 1. The SMILES string of the molecule is O=C1c2ccccc2C(=O)N1CCN(CCO)CP(=O)(O)O. The molecule has 1 aliphatic rings. The molecule has 8 nitrogen and oxygen atoms in total. The zero-order chi connectivity index (χ0) is 16.3.